The second-order valence-corrected chi connectivity index (χ2v) is 9.38. The van der Waals surface area contributed by atoms with E-state index in [1.165, 1.54) is 64.2 Å². The lowest BCUT2D eigenvalue weighted by Gasteiger charge is -2.42. The molecule has 0 radical (unpaired) electrons. The SMILES string of the molecule is CCCCCCC1CCC(C2CCC(C)(CCCC)CC2)CC1. The lowest BCUT2D eigenvalue weighted by atomic mass is 9.63. The smallest absolute Gasteiger partial charge is 0.0326 e. The van der Waals surface area contributed by atoms with Crippen molar-refractivity contribution in [2.45, 2.75) is 124 Å². The summed E-state index contributed by atoms with van der Waals surface area (Å²) >= 11 is 0. The molecule has 2 aliphatic carbocycles. The van der Waals surface area contributed by atoms with Crippen LogP contribution in [0.2, 0.25) is 0 Å². The van der Waals surface area contributed by atoms with E-state index < -0.39 is 0 Å². The summed E-state index contributed by atoms with van der Waals surface area (Å²) in [6, 6.07) is 0. The summed E-state index contributed by atoms with van der Waals surface area (Å²) in [5.41, 5.74) is 0.697. The minimum Gasteiger partial charge on any atom is -0.0654 e. The number of rotatable bonds is 9. The van der Waals surface area contributed by atoms with E-state index >= 15 is 0 Å². The molecule has 0 heterocycles. The zero-order chi connectivity index (χ0) is 16.5. The van der Waals surface area contributed by atoms with E-state index in [-0.39, 0.29) is 0 Å². The van der Waals surface area contributed by atoms with E-state index in [4.69, 9.17) is 0 Å². The first-order valence-electron chi connectivity index (χ1n) is 11.2. The van der Waals surface area contributed by atoms with Crippen LogP contribution in [0.5, 0.6) is 0 Å². The van der Waals surface area contributed by atoms with Crippen molar-refractivity contribution >= 4 is 0 Å². The Balaban J connectivity index is 1.63. The monoisotopic (exact) mass is 320 g/mol. The number of unbranched alkanes of at least 4 members (excludes halogenated alkanes) is 4. The molecule has 0 nitrogen and oxygen atoms in total. The second kappa shape index (κ2) is 10.1. The number of hydrogen-bond acceptors (Lipinski definition) is 0. The average Bonchev–Trinajstić information content (AvgIpc) is 2.58. The van der Waals surface area contributed by atoms with Gasteiger partial charge in [0.1, 0.15) is 0 Å². The van der Waals surface area contributed by atoms with Crippen LogP contribution in [-0.2, 0) is 0 Å². The van der Waals surface area contributed by atoms with Gasteiger partial charge in [-0.05, 0) is 68.1 Å². The quantitative estimate of drug-likeness (QED) is 0.376. The standard InChI is InChI=1S/C23H44/c1-4-6-8-9-10-20-11-13-21(14-12-20)22-15-18-23(3,19-16-22)17-7-5-2/h20-22H,4-19H2,1-3H3. The topological polar surface area (TPSA) is 0 Å². The Morgan fingerprint density at radius 1 is 0.696 bits per heavy atom. The van der Waals surface area contributed by atoms with Crippen LogP contribution in [-0.4, -0.2) is 0 Å². The molecule has 0 aromatic heterocycles. The van der Waals surface area contributed by atoms with Gasteiger partial charge in [-0.1, -0.05) is 78.6 Å². The highest BCUT2D eigenvalue weighted by atomic mass is 14.4. The van der Waals surface area contributed by atoms with Crippen LogP contribution in [0.3, 0.4) is 0 Å². The summed E-state index contributed by atoms with van der Waals surface area (Å²) in [5.74, 6) is 3.27. The fourth-order valence-corrected chi connectivity index (χ4v) is 5.47. The van der Waals surface area contributed by atoms with Crippen LogP contribution in [0.4, 0.5) is 0 Å². The van der Waals surface area contributed by atoms with Gasteiger partial charge in [-0.3, -0.25) is 0 Å². The van der Waals surface area contributed by atoms with E-state index in [1.54, 1.807) is 38.5 Å². The van der Waals surface area contributed by atoms with Gasteiger partial charge in [0.2, 0.25) is 0 Å². The summed E-state index contributed by atoms with van der Waals surface area (Å²) in [6.45, 7) is 7.24. The van der Waals surface area contributed by atoms with Crippen LogP contribution in [0.1, 0.15) is 124 Å². The first-order chi connectivity index (χ1) is 11.2. The third kappa shape index (κ3) is 6.43. The Morgan fingerprint density at radius 3 is 1.91 bits per heavy atom. The van der Waals surface area contributed by atoms with Crippen LogP contribution in [0, 0.1) is 23.2 Å². The molecule has 2 rings (SSSR count). The molecule has 0 atom stereocenters. The van der Waals surface area contributed by atoms with Crippen LogP contribution in [0.15, 0.2) is 0 Å². The molecule has 0 heteroatoms. The maximum Gasteiger partial charge on any atom is -0.0326 e. The summed E-state index contributed by atoms with van der Waals surface area (Å²) in [7, 11) is 0. The molecule has 0 amide bonds. The Kier molecular flexibility index (Phi) is 8.48. The maximum atomic E-state index is 2.58. The summed E-state index contributed by atoms with van der Waals surface area (Å²) in [6.07, 6.45) is 24.0. The predicted molar refractivity (Wildman–Crippen MR) is 104 cm³/mol. The zero-order valence-corrected chi connectivity index (χ0v) is 16.5. The van der Waals surface area contributed by atoms with Gasteiger partial charge in [0, 0.05) is 0 Å². The van der Waals surface area contributed by atoms with Gasteiger partial charge in [0.15, 0.2) is 0 Å². The molecule has 2 saturated carbocycles. The third-order valence-corrected chi connectivity index (χ3v) is 7.40. The van der Waals surface area contributed by atoms with E-state index in [0.29, 0.717) is 5.41 Å². The van der Waals surface area contributed by atoms with Gasteiger partial charge in [0.25, 0.3) is 0 Å². The largest absolute Gasteiger partial charge is 0.0654 e. The van der Waals surface area contributed by atoms with Gasteiger partial charge in [0.05, 0.1) is 0 Å². The van der Waals surface area contributed by atoms with Crippen molar-refractivity contribution in [3.8, 4) is 0 Å². The van der Waals surface area contributed by atoms with Crippen LogP contribution in [0.25, 0.3) is 0 Å². The minimum atomic E-state index is 0.697. The van der Waals surface area contributed by atoms with Crippen molar-refractivity contribution in [1.29, 1.82) is 0 Å². The minimum absolute atomic E-state index is 0.697. The van der Waals surface area contributed by atoms with Gasteiger partial charge >= 0.3 is 0 Å². The Morgan fingerprint density at radius 2 is 1.30 bits per heavy atom. The Hall–Kier alpha value is 0. The molecular formula is C23H44. The lowest BCUT2D eigenvalue weighted by molar-refractivity contribution is 0.0952. The van der Waals surface area contributed by atoms with Crippen molar-refractivity contribution in [3.63, 3.8) is 0 Å². The molecule has 2 aliphatic rings. The number of hydrogen-bond donors (Lipinski definition) is 0. The van der Waals surface area contributed by atoms with Crippen molar-refractivity contribution < 1.29 is 0 Å². The van der Waals surface area contributed by atoms with E-state index in [2.05, 4.69) is 20.8 Å². The van der Waals surface area contributed by atoms with Crippen LogP contribution >= 0.6 is 0 Å². The highest BCUT2D eigenvalue weighted by Crippen LogP contribution is 2.47. The van der Waals surface area contributed by atoms with Crippen molar-refractivity contribution in [3.05, 3.63) is 0 Å². The van der Waals surface area contributed by atoms with Gasteiger partial charge in [-0.2, -0.15) is 0 Å². The molecule has 0 bridgehead atoms. The molecule has 0 spiro atoms. The maximum absolute atomic E-state index is 2.58. The molecule has 0 aromatic carbocycles. The van der Waals surface area contributed by atoms with Gasteiger partial charge in [-0.25, -0.2) is 0 Å². The van der Waals surface area contributed by atoms with E-state index in [1.807, 2.05) is 0 Å². The molecular weight excluding hydrogens is 276 g/mol. The molecule has 0 unspecified atom stereocenters. The molecule has 2 fully saturated rings. The second-order valence-electron chi connectivity index (χ2n) is 9.38. The molecule has 0 N–H and O–H groups in total. The van der Waals surface area contributed by atoms with Gasteiger partial charge in [-0.15, -0.1) is 0 Å². The Labute approximate surface area is 147 Å². The average molecular weight is 321 g/mol. The first kappa shape index (κ1) is 19.3. The molecule has 0 aliphatic heterocycles. The lowest BCUT2D eigenvalue weighted by Crippen LogP contribution is -2.30. The molecule has 23 heavy (non-hydrogen) atoms. The fourth-order valence-electron chi connectivity index (χ4n) is 5.47. The third-order valence-electron chi connectivity index (χ3n) is 7.40. The zero-order valence-electron chi connectivity index (χ0n) is 16.5. The van der Waals surface area contributed by atoms with E-state index in [0.717, 1.165) is 17.8 Å². The normalized spacial score (nSPS) is 35.3. The summed E-state index contributed by atoms with van der Waals surface area (Å²) < 4.78 is 0. The highest BCUT2D eigenvalue weighted by Gasteiger charge is 2.35. The summed E-state index contributed by atoms with van der Waals surface area (Å²) in [4.78, 5) is 0. The fraction of sp³-hybridized carbons (Fsp3) is 1.00. The van der Waals surface area contributed by atoms with Crippen molar-refractivity contribution in [2.24, 2.45) is 23.2 Å². The molecule has 0 saturated heterocycles. The predicted octanol–water partition coefficient (Wildman–Crippen LogP) is 8.15. The highest BCUT2D eigenvalue weighted by molar-refractivity contribution is 4.86. The molecule has 136 valence electrons. The Bertz CT molecular complexity index is 289. The van der Waals surface area contributed by atoms with Gasteiger partial charge < -0.3 is 0 Å². The van der Waals surface area contributed by atoms with Crippen molar-refractivity contribution in [1.82, 2.24) is 0 Å². The van der Waals surface area contributed by atoms with Crippen LogP contribution < -0.4 is 0 Å². The molecule has 0 aromatic rings. The first-order valence-corrected chi connectivity index (χ1v) is 11.2. The van der Waals surface area contributed by atoms with Crippen molar-refractivity contribution in [2.75, 3.05) is 0 Å². The summed E-state index contributed by atoms with van der Waals surface area (Å²) in [5, 5.41) is 0. The van der Waals surface area contributed by atoms with E-state index in [9.17, 15) is 0 Å².